The molecule has 84 valence electrons. The zero-order valence-electron chi connectivity index (χ0n) is 9.62. The van der Waals surface area contributed by atoms with Crippen LogP contribution in [0.3, 0.4) is 0 Å². The lowest BCUT2D eigenvalue weighted by Gasteiger charge is -2.33. The molecule has 4 heteroatoms. The van der Waals surface area contributed by atoms with E-state index in [1.165, 1.54) is 0 Å². The number of nitrogens with one attached hydrogen (secondary N) is 1. The van der Waals surface area contributed by atoms with Gasteiger partial charge in [0, 0.05) is 32.7 Å². The zero-order valence-corrected chi connectivity index (χ0v) is 9.62. The second-order valence-electron chi connectivity index (χ2n) is 4.15. The fourth-order valence-electron chi connectivity index (χ4n) is 1.68. The zero-order chi connectivity index (χ0) is 10.4. The van der Waals surface area contributed by atoms with Gasteiger partial charge in [-0.25, -0.2) is 0 Å². The summed E-state index contributed by atoms with van der Waals surface area (Å²) < 4.78 is 5.64. The molecule has 0 aliphatic carbocycles. The van der Waals surface area contributed by atoms with E-state index >= 15 is 0 Å². The van der Waals surface area contributed by atoms with Crippen LogP contribution in [0.2, 0.25) is 0 Å². The lowest BCUT2D eigenvalue weighted by atomic mass is 10.2. The monoisotopic (exact) mass is 201 g/mol. The summed E-state index contributed by atoms with van der Waals surface area (Å²) in [7, 11) is 6.21. The minimum absolute atomic E-state index is 0.371. The Balaban J connectivity index is 2.18. The number of hydrogen-bond donors (Lipinski definition) is 1. The smallest absolute Gasteiger partial charge is 0.0826 e. The number of nitrogens with zero attached hydrogens (tertiary/aromatic N) is 2. The third-order valence-corrected chi connectivity index (χ3v) is 2.52. The molecule has 0 aromatic rings. The van der Waals surface area contributed by atoms with E-state index in [-0.39, 0.29) is 0 Å². The standard InChI is InChI=1S/C10H23N3O/c1-11-8-10-9-13(6-7-14-10)5-4-12(2)3/h10-11H,4-9H2,1-3H3. The highest BCUT2D eigenvalue weighted by Crippen LogP contribution is 2.03. The summed E-state index contributed by atoms with van der Waals surface area (Å²) in [5, 5.41) is 3.16. The SMILES string of the molecule is CNCC1CN(CCN(C)C)CCO1. The summed E-state index contributed by atoms with van der Waals surface area (Å²) >= 11 is 0. The first-order valence-corrected chi connectivity index (χ1v) is 5.35. The van der Waals surface area contributed by atoms with Gasteiger partial charge in [-0.05, 0) is 21.1 Å². The molecule has 14 heavy (non-hydrogen) atoms. The first-order valence-electron chi connectivity index (χ1n) is 5.35. The Labute approximate surface area is 87.2 Å². The van der Waals surface area contributed by atoms with Gasteiger partial charge in [-0.3, -0.25) is 4.90 Å². The summed E-state index contributed by atoms with van der Waals surface area (Å²) in [5.41, 5.74) is 0. The van der Waals surface area contributed by atoms with Crippen molar-refractivity contribution in [2.75, 3.05) is 60.5 Å². The summed E-state index contributed by atoms with van der Waals surface area (Å²) in [4.78, 5) is 4.70. The van der Waals surface area contributed by atoms with Crippen LogP contribution in [0.15, 0.2) is 0 Å². The Morgan fingerprint density at radius 2 is 2.29 bits per heavy atom. The van der Waals surface area contributed by atoms with Crippen molar-refractivity contribution in [3.63, 3.8) is 0 Å². The fourth-order valence-corrected chi connectivity index (χ4v) is 1.68. The molecule has 1 aliphatic heterocycles. The molecule has 1 atom stereocenters. The minimum atomic E-state index is 0.371. The number of hydrogen-bond acceptors (Lipinski definition) is 4. The maximum atomic E-state index is 5.64. The van der Waals surface area contributed by atoms with Gasteiger partial charge in [0.15, 0.2) is 0 Å². The molecule has 0 spiro atoms. The van der Waals surface area contributed by atoms with Gasteiger partial charge in [0.05, 0.1) is 12.7 Å². The Morgan fingerprint density at radius 1 is 1.50 bits per heavy atom. The molecule has 0 bridgehead atoms. The van der Waals surface area contributed by atoms with E-state index in [0.717, 1.165) is 39.3 Å². The molecule has 1 aliphatic rings. The van der Waals surface area contributed by atoms with Gasteiger partial charge in [0.25, 0.3) is 0 Å². The van der Waals surface area contributed by atoms with E-state index in [4.69, 9.17) is 4.74 Å². The topological polar surface area (TPSA) is 27.7 Å². The Morgan fingerprint density at radius 3 is 2.93 bits per heavy atom. The van der Waals surface area contributed by atoms with Crippen molar-refractivity contribution in [3.05, 3.63) is 0 Å². The first-order chi connectivity index (χ1) is 6.72. The highest BCUT2D eigenvalue weighted by molar-refractivity contribution is 4.73. The summed E-state index contributed by atoms with van der Waals surface area (Å²) in [6, 6.07) is 0. The predicted molar refractivity (Wildman–Crippen MR) is 58.7 cm³/mol. The molecule has 1 fully saturated rings. The molecular formula is C10H23N3O. The van der Waals surface area contributed by atoms with Crippen LogP contribution in [0.4, 0.5) is 0 Å². The van der Waals surface area contributed by atoms with Gasteiger partial charge in [0.2, 0.25) is 0 Å². The largest absolute Gasteiger partial charge is 0.374 e. The third kappa shape index (κ3) is 4.37. The van der Waals surface area contributed by atoms with E-state index < -0.39 is 0 Å². The van der Waals surface area contributed by atoms with Gasteiger partial charge in [-0.1, -0.05) is 0 Å². The van der Waals surface area contributed by atoms with Crippen LogP contribution >= 0.6 is 0 Å². The van der Waals surface area contributed by atoms with Crippen LogP contribution in [0.1, 0.15) is 0 Å². The summed E-state index contributed by atoms with van der Waals surface area (Å²) in [6.07, 6.45) is 0.371. The lowest BCUT2D eigenvalue weighted by Crippen LogP contribution is -2.47. The van der Waals surface area contributed by atoms with Crippen LogP contribution in [0, 0.1) is 0 Å². The number of likely N-dealkylation sites (N-methyl/N-ethyl adjacent to an activating group) is 2. The quantitative estimate of drug-likeness (QED) is 0.647. The summed E-state index contributed by atoms with van der Waals surface area (Å²) in [5.74, 6) is 0. The van der Waals surface area contributed by atoms with E-state index in [9.17, 15) is 0 Å². The van der Waals surface area contributed by atoms with Crippen LogP contribution in [0.5, 0.6) is 0 Å². The molecule has 0 radical (unpaired) electrons. The molecular weight excluding hydrogens is 178 g/mol. The minimum Gasteiger partial charge on any atom is -0.374 e. The Kier molecular flexibility index (Phi) is 5.40. The normalized spacial score (nSPS) is 24.4. The van der Waals surface area contributed by atoms with Gasteiger partial charge < -0.3 is 15.0 Å². The molecule has 0 aromatic heterocycles. The molecule has 1 heterocycles. The van der Waals surface area contributed by atoms with Crippen molar-refractivity contribution >= 4 is 0 Å². The van der Waals surface area contributed by atoms with Gasteiger partial charge in [-0.15, -0.1) is 0 Å². The second kappa shape index (κ2) is 6.35. The number of ether oxygens (including phenoxy) is 1. The summed E-state index contributed by atoms with van der Waals surface area (Å²) in [6.45, 7) is 6.25. The highest BCUT2D eigenvalue weighted by atomic mass is 16.5. The fraction of sp³-hybridized carbons (Fsp3) is 1.00. The molecule has 4 nitrogen and oxygen atoms in total. The van der Waals surface area contributed by atoms with Crippen LogP contribution in [0.25, 0.3) is 0 Å². The maximum Gasteiger partial charge on any atom is 0.0826 e. The lowest BCUT2D eigenvalue weighted by molar-refractivity contribution is -0.0274. The molecule has 0 aromatic carbocycles. The van der Waals surface area contributed by atoms with E-state index in [1.807, 2.05) is 7.05 Å². The van der Waals surface area contributed by atoms with E-state index in [2.05, 4.69) is 29.2 Å². The van der Waals surface area contributed by atoms with Crippen molar-refractivity contribution in [1.82, 2.24) is 15.1 Å². The molecule has 1 unspecified atom stereocenters. The Bertz CT molecular complexity index is 150. The van der Waals surface area contributed by atoms with Crippen molar-refractivity contribution < 1.29 is 4.74 Å². The van der Waals surface area contributed by atoms with E-state index in [1.54, 1.807) is 0 Å². The molecule has 0 amide bonds. The third-order valence-electron chi connectivity index (χ3n) is 2.52. The molecule has 1 saturated heterocycles. The number of rotatable bonds is 5. The average molecular weight is 201 g/mol. The predicted octanol–water partition coefficient (Wildman–Crippen LogP) is -0.532. The highest BCUT2D eigenvalue weighted by Gasteiger charge is 2.19. The van der Waals surface area contributed by atoms with Crippen molar-refractivity contribution in [3.8, 4) is 0 Å². The molecule has 0 saturated carbocycles. The Hall–Kier alpha value is -0.160. The van der Waals surface area contributed by atoms with Crippen LogP contribution in [-0.4, -0.2) is 76.4 Å². The molecule has 1 N–H and O–H groups in total. The van der Waals surface area contributed by atoms with Crippen LogP contribution in [-0.2, 0) is 4.74 Å². The average Bonchev–Trinajstić information content (AvgIpc) is 2.16. The van der Waals surface area contributed by atoms with Crippen molar-refractivity contribution in [2.45, 2.75) is 6.10 Å². The van der Waals surface area contributed by atoms with Gasteiger partial charge in [-0.2, -0.15) is 0 Å². The van der Waals surface area contributed by atoms with Gasteiger partial charge >= 0.3 is 0 Å². The first kappa shape index (κ1) is 11.9. The number of morpholine rings is 1. The van der Waals surface area contributed by atoms with Crippen molar-refractivity contribution in [1.29, 1.82) is 0 Å². The van der Waals surface area contributed by atoms with Crippen LogP contribution < -0.4 is 5.32 Å². The molecule has 1 rings (SSSR count). The second-order valence-corrected chi connectivity index (χ2v) is 4.15. The van der Waals surface area contributed by atoms with E-state index in [0.29, 0.717) is 6.10 Å². The maximum absolute atomic E-state index is 5.64. The van der Waals surface area contributed by atoms with Gasteiger partial charge in [0.1, 0.15) is 0 Å². The van der Waals surface area contributed by atoms with Crippen molar-refractivity contribution in [2.24, 2.45) is 0 Å².